The molecule has 0 spiro atoms. The van der Waals surface area contributed by atoms with Crippen molar-refractivity contribution in [2.75, 3.05) is 5.32 Å². The van der Waals surface area contributed by atoms with Gasteiger partial charge in [-0.25, -0.2) is 9.78 Å². The lowest BCUT2D eigenvalue weighted by molar-refractivity contribution is -0.192. The predicted molar refractivity (Wildman–Crippen MR) is 99.8 cm³/mol. The number of nitrogens with one attached hydrogen (secondary N) is 1. The molecule has 3 rings (SSSR count). The quantitative estimate of drug-likeness (QED) is 0.467. The van der Waals surface area contributed by atoms with Crippen LogP contribution in [0.25, 0.3) is 10.2 Å². The minimum atomic E-state index is -5.08. The van der Waals surface area contributed by atoms with E-state index in [9.17, 15) is 13.2 Å². The van der Waals surface area contributed by atoms with Gasteiger partial charge < -0.3 is 10.4 Å². The molecule has 0 aliphatic rings. The number of carboxylic acid groups (broad SMARTS) is 1. The first-order valence-corrected chi connectivity index (χ1v) is 9.04. The van der Waals surface area contributed by atoms with Crippen molar-refractivity contribution in [3.8, 4) is 0 Å². The molecule has 0 saturated carbocycles. The Balaban J connectivity index is 0.000000298. The fourth-order valence-corrected chi connectivity index (χ4v) is 3.62. The molecule has 0 bridgehead atoms. The maximum Gasteiger partial charge on any atom is 0.490 e. The van der Waals surface area contributed by atoms with Gasteiger partial charge in [-0.15, -0.1) is 11.3 Å². The third-order valence-electron chi connectivity index (χ3n) is 3.02. The zero-order valence-electron chi connectivity index (χ0n) is 12.8. The van der Waals surface area contributed by atoms with Crippen LogP contribution in [0.2, 0.25) is 5.15 Å². The summed E-state index contributed by atoms with van der Waals surface area (Å²) in [7, 11) is 0. The van der Waals surface area contributed by atoms with Crippen LogP contribution in [0.4, 0.5) is 18.9 Å². The van der Waals surface area contributed by atoms with Gasteiger partial charge in [-0.3, -0.25) is 0 Å². The monoisotopic (exact) mass is 466 g/mol. The normalized spacial score (nSPS) is 11.0. The van der Waals surface area contributed by atoms with Gasteiger partial charge in [-0.1, -0.05) is 41.9 Å². The Morgan fingerprint density at radius 2 is 1.92 bits per heavy atom. The van der Waals surface area contributed by atoms with Gasteiger partial charge in [0.05, 0.1) is 20.4 Å². The van der Waals surface area contributed by atoms with Crippen molar-refractivity contribution in [3.05, 3.63) is 57.0 Å². The topological polar surface area (TPSA) is 62.2 Å². The van der Waals surface area contributed by atoms with Gasteiger partial charge in [-0.05, 0) is 21.5 Å². The largest absolute Gasteiger partial charge is 0.490 e. The minimum Gasteiger partial charge on any atom is -0.475 e. The van der Waals surface area contributed by atoms with Crippen LogP contribution in [-0.4, -0.2) is 22.2 Å². The molecule has 0 radical (unpaired) electrons. The van der Waals surface area contributed by atoms with Crippen LogP contribution in [0.15, 0.2) is 46.3 Å². The van der Waals surface area contributed by atoms with Crippen molar-refractivity contribution in [3.63, 3.8) is 0 Å². The van der Waals surface area contributed by atoms with Crippen molar-refractivity contribution in [1.82, 2.24) is 4.98 Å². The summed E-state index contributed by atoms with van der Waals surface area (Å²) >= 11 is 11.2. The number of hydrogen-bond acceptors (Lipinski definition) is 4. The van der Waals surface area contributed by atoms with Crippen LogP contribution in [0.5, 0.6) is 0 Å². The van der Waals surface area contributed by atoms with E-state index in [1.54, 1.807) is 11.3 Å². The Morgan fingerprint density at radius 1 is 1.31 bits per heavy atom. The molecular weight excluding hydrogens is 457 g/mol. The van der Waals surface area contributed by atoms with Crippen molar-refractivity contribution in [2.45, 2.75) is 12.7 Å². The summed E-state index contributed by atoms with van der Waals surface area (Å²) in [6.45, 7) is 0.770. The third-order valence-corrected chi connectivity index (χ3v) is 5.12. The molecule has 0 aliphatic heterocycles. The Morgan fingerprint density at radius 3 is 2.50 bits per heavy atom. The van der Waals surface area contributed by atoms with Gasteiger partial charge in [0, 0.05) is 18.0 Å². The Kier molecular flexibility index (Phi) is 6.85. The second-order valence-electron chi connectivity index (χ2n) is 4.90. The molecule has 138 valence electrons. The Labute approximate surface area is 163 Å². The molecule has 26 heavy (non-hydrogen) atoms. The lowest BCUT2D eigenvalue weighted by atomic mass is 10.2. The fourth-order valence-electron chi connectivity index (χ4n) is 1.87. The first-order valence-electron chi connectivity index (χ1n) is 6.99. The maximum atomic E-state index is 10.6. The van der Waals surface area contributed by atoms with Gasteiger partial charge in [-0.2, -0.15) is 13.2 Å². The van der Waals surface area contributed by atoms with Gasteiger partial charge in [0.15, 0.2) is 0 Å². The summed E-state index contributed by atoms with van der Waals surface area (Å²) in [6.07, 6.45) is -5.08. The number of aromatic nitrogens is 1. The first-order chi connectivity index (χ1) is 12.2. The number of fused-ring (bicyclic) bond motifs is 1. The van der Waals surface area contributed by atoms with Gasteiger partial charge in [0.25, 0.3) is 0 Å². The van der Waals surface area contributed by atoms with Crippen LogP contribution >= 0.6 is 38.9 Å². The van der Waals surface area contributed by atoms with E-state index in [2.05, 4.69) is 38.4 Å². The molecule has 0 unspecified atom stereocenters. The Hall–Kier alpha value is -1.84. The predicted octanol–water partition coefficient (Wildman–Crippen LogP) is 5.96. The van der Waals surface area contributed by atoms with E-state index >= 15 is 0 Å². The second-order valence-corrected chi connectivity index (χ2v) is 7.02. The molecule has 2 heterocycles. The molecule has 0 amide bonds. The zero-order valence-corrected chi connectivity index (χ0v) is 16.0. The summed E-state index contributed by atoms with van der Waals surface area (Å²) in [4.78, 5) is 13.2. The number of pyridine rings is 1. The first kappa shape index (κ1) is 20.5. The average Bonchev–Trinajstić information content (AvgIpc) is 2.94. The van der Waals surface area contributed by atoms with E-state index < -0.39 is 12.1 Å². The number of thiophene rings is 1. The molecule has 2 aromatic heterocycles. The molecule has 1 aromatic carbocycles. The van der Waals surface area contributed by atoms with Crippen LogP contribution in [0, 0.1) is 0 Å². The van der Waals surface area contributed by atoms with Gasteiger partial charge >= 0.3 is 12.1 Å². The highest BCUT2D eigenvalue weighted by Gasteiger charge is 2.38. The van der Waals surface area contributed by atoms with Crippen LogP contribution in [0.1, 0.15) is 5.56 Å². The molecule has 10 heteroatoms. The number of rotatable bonds is 3. The van der Waals surface area contributed by atoms with Crippen LogP contribution in [-0.2, 0) is 11.3 Å². The summed E-state index contributed by atoms with van der Waals surface area (Å²) in [5, 5.41) is 13.1. The number of carboxylic acids is 1. The second kappa shape index (κ2) is 8.70. The molecule has 3 aromatic rings. The third kappa shape index (κ3) is 5.58. The maximum absolute atomic E-state index is 10.6. The minimum absolute atomic E-state index is 0.502. The SMILES string of the molecule is Clc1cc(NCc2ccccc2)c2scc(Br)c2n1.O=C(O)C(F)(F)F. The van der Waals surface area contributed by atoms with Crippen LogP contribution in [0.3, 0.4) is 0 Å². The molecule has 0 aliphatic carbocycles. The van der Waals surface area contributed by atoms with E-state index in [4.69, 9.17) is 21.5 Å². The number of aliphatic carboxylic acids is 1. The molecule has 0 atom stereocenters. The number of carbonyl (C=O) groups is 1. The molecule has 4 nitrogen and oxygen atoms in total. The molecular formula is C16H11BrClF3N2O2S. The van der Waals surface area contributed by atoms with E-state index in [-0.39, 0.29) is 0 Å². The fraction of sp³-hybridized carbons (Fsp3) is 0.125. The molecule has 2 N–H and O–H groups in total. The average molecular weight is 468 g/mol. The summed E-state index contributed by atoms with van der Waals surface area (Å²) in [6, 6.07) is 12.1. The van der Waals surface area contributed by atoms with Crippen molar-refractivity contribution >= 4 is 60.7 Å². The zero-order chi connectivity index (χ0) is 19.3. The lowest BCUT2D eigenvalue weighted by Gasteiger charge is -2.08. The van der Waals surface area contributed by atoms with E-state index in [0.29, 0.717) is 5.15 Å². The smallest absolute Gasteiger partial charge is 0.475 e. The molecule has 0 saturated heterocycles. The van der Waals surface area contributed by atoms with Gasteiger partial charge in [0.1, 0.15) is 5.15 Å². The van der Waals surface area contributed by atoms with E-state index in [1.165, 1.54) is 5.56 Å². The van der Waals surface area contributed by atoms with E-state index in [0.717, 1.165) is 26.9 Å². The highest BCUT2D eigenvalue weighted by atomic mass is 79.9. The summed E-state index contributed by atoms with van der Waals surface area (Å²) in [5.74, 6) is -2.76. The number of benzene rings is 1. The summed E-state index contributed by atoms with van der Waals surface area (Å²) in [5.41, 5.74) is 3.17. The highest BCUT2D eigenvalue weighted by molar-refractivity contribution is 9.10. The number of alkyl halides is 3. The van der Waals surface area contributed by atoms with Crippen molar-refractivity contribution < 1.29 is 23.1 Å². The number of hydrogen-bond donors (Lipinski definition) is 2. The Bertz CT molecular complexity index is 904. The summed E-state index contributed by atoms with van der Waals surface area (Å²) < 4.78 is 33.8. The van der Waals surface area contributed by atoms with Crippen LogP contribution < -0.4 is 5.32 Å². The standard InChI is InChI=1S/C14H10BrClN2S.C2HF3O2/c15-10-8-19-14-11(6-12(16)18-13(10)14)17-7-9-4-2-1-3-5-9;3-2(4,5)1(6)7/h1-6,8H,7H2,(H,17,18);(H,6,7). The molecule has 0 fully saturated rings. The van der Waals surface area contributed by atoms with Gasteiger partial charge in [0.2, 0.25) is 0 Å². The number of anilines is 1. The van der Waals surface area contributed by atoms with Crippen molar-refractivity contribution in [2.24, 2.45) is 0 Å². The highest BCUT2D eigenvalue weighted by Crippen LogP contribution is 2.35. The van der Waals surface area contributed by atoms with Crippen molar-refractivity contribution in [1.29, 1.82) is 0 Å². The lowest BCUT2D eigenvalue weighted by Crippen LogP contribution is -2.21. The number of nitrogens with zero attached hydrogens (tertiary/aromatic N) is 1. The van der Waals surface area contributed by atoms with E-state index in [1.807, 2.05) is 29.6 Å². The number of halogens is 5.